The topological polar surface area (TPSA) is 125 Å². The molecule has 3 heterocycles. The van der Waals surface area contributed by atoms with E-state index in [1.165, 1.54) is 0 Å². The Morgan fingerprint density at radius 1 is 1.25 bits per heavy atom. The van der Waals surface area contributed by atoms with Crippen molar-refractivity contribution >= 4 is 5.97 Å². The van der Waals surface area contributed by atoms with E-state index < -0.39 is 36.6 Å². The van der Waals surface area contributed by atoms with Gasteiger partial charge in [0.25, 0.3) is 0 Å². The van der Waals surface area contributed by atoms with E-state index in [1.54, 1.807) is 12.4 Å². The van der Waals surface area contributed by atoms with Crippen LogP contribution < -0.4 is 17.3 Å². The maximum absolute atomic E-state index is 11.2. The molecule has 0 aliphatic carbocycles. The standard InChI is InChI=1S/C15H20N2O6.ClH/c18-10-11(19)13(15(21)22)23-14(12(10)20)17-6-2-4-9(17)8-3-1-5-16-7-8;/h1,3,5,7,9-14,18-20H,2,4,6H2,(H,21,22);1H. The van der Waals surface area contributed by atoms with Gasteiger partial charge in [0, 0.05) is 30.8 Å². The van der Waals surface area contributed by atoms with Crippen LogP contribution in [0.1, 0.15) is 24.4 Å². The molecule has 2 fully saturated rings. The van der Waals surface area contributed by atoms with Gasteiger partial charge in [0.15, 0.2) is 12.2 Å². The third-order valence-electron chi connectivity index (χ3n) is 4.71. The summed E-state index contributed by atoms with van der Waals surface area (Å²) in [7, 11) is 0. The van der Waals surface area contributed by atoms with Gasteiger partial charge in [-0.15, -0.1) is 0 Å². The van der Waals surface area contributed by atoms with Crippen molar-refractivity contribution in [1.29, 1.82) is 0 Å². The van der Waals surface area contributed by atoms with E-state index in [0.29, 0.717) is 6.54 Å². The number of carboxylic acids is 1. The van der Waals surface area contributed by atoms with Crippen LogP contribution >= 0.6 is 0 Å². The molecule has 7 unspecified atom stereocenters. The summed E-state index contributed by atoms with van der Waals surface area (Å²) >= 11 is 0. The summed E-state index contributed by atoms with van der Waals surface area (Å²) in [5.74, 6) is -1.36. The van der Waals surface area contributed by atoms with Gasteiger partial charge in [-0.3, -0.25) is 4.98 Å². The minimum absolute atomic E-state index is 0. The van der Waals surface area contributed by atoms with Crippen LogP contribution in [0.25, 0.3) is 0 Å². The van der Waals surface area contributed by atoms with Gasteiger partial charge >= 0.3 is 5.97 Å². The van der Waals surface area contributed by atoms with E-state index in [4.69, 9.17) is 9.84 Å². The smallest absolute Gasteiger partial charge is 0.335 e. The Balaban J connectivity index is 0.00000208. The van der Waals surface area contributed by atoms with E-state index in [1.807, 2.05) is 12.1 Å². The summed E-state index contributed by atoms with van der Waals surface area (Å²) in [6.45, 7) is 0.677. The van der Waals surface area contributed by atoms with Crippen molar-refractivity contribution in [3.63, 3.8) is 0 Å². The Kier molecular flexibility index (Phi) is 6.13. The van der Waals surface area contributed by atoms with E-state index >= 15 is 0 Å². The molecule has 3 rings (SSSR count). The lowest BCUT2D eigenvalue weighted by molar-refractivity contribution is -0.971. The Hall–Kier alpha value is -1.29. The van der Waals surface area contributed by atoms with Crippen LogP contribution in [-0.2, 0) is 9.53 Å². The largest absolute Gasteiger partial charge is 1.00 e. The van der Waals surface area contributed by atoms with Crippen molar-refractivity contribution in [2.45, 2.75) is 49.5 Å². The SMILES string of the molecule is O=C(O)C1OC([NH+]2CCCC2c2cccnc2)C(O)C(O)C1O.[Cl-]. The second-order valence-electron chi connectivity index (χ2n) is 6.09. The summed E-state index contributed by atoms with van der Waals surface area (Å²) in [5.41, 5.74) is 0.975. The Labute approximate surface area is 145 Å². The van der Waals surface area contributed by atoms with Crippen LogP contribution in [0.5, 0.6) is 0 Å². The minimum atomic E-state index is -1.66. The Bertz CT molecular complexity index is 562. The maximum Gasteiger partial charge on any atom is 0.335 e. The van der Waals surface area contributed by atoms with Gasteiger partial charge in [-0.05, 0) is 6.07 Å². The van der Waals surface area contributed by atoms with E-state index in [9.17, 15) is 20.1 Å². The number of aromatic nitrogens is 1. The monoisotopic (exact) mass is 360 g/mol. The van der Waals surface area contributed by atoms with Crippen LogP contribution in [0.15, 0.2) is 24.5 Å². The number of nitrogens with one attached hydrogen (secondary N) is 1. The number of rotatable bonds is 3. The van der Waals surface area contributed by atoms with Crippen molar-refractivity contribution in [3.8, 4) is 0 Å². The van der Waals surface area contributed by atoms with Gasteiger partial charge in [0.1, 0.15) is 18.2 Å². The number of ether oxygens (including phenoxy) is 1. The first-order chi connectivity index (χ1) is 11.0. The number of carbonyl (C=O) groups is 1. The molecule has 8 nitrogen and oxygen atoms in total. The van der Waals surface area contributed by atoms with Crippen molar-refractivity contribution < 1.29 is 47.3 Å². The molecule has 9 heteroatoms. The van der Waals surface area contributed by atoms with Crippen LogP contribution in [0, 0.1) is 0 Å². The van der Waals surface area contributed by atoms with Gasteiger partial charge in [-0.1, -0.05) is 6.07 Å². The molecule has 134 valence electrons. The average molecular weight is 361 g/mol. The fourth-order valence-corrected chi connectivity index (χ4v) is 3.56. The number of halogens is 1. The zero-order valence-electron chi connectivity index (χ0n) is 12.8. The normalized spacial score (nSPS) is 39.2. The molecule has 2 aliphatic heterocycles. The summed E-state index contributed by atoms with van der Waals surface area (Å²) in [4.78, 5) is 16.2. The molecular weight excluding hydrogens is 340 g/mol. The molecule has 1 aromatic heterocycles. The van der Waals surface area contributed by atoms with Crippen LogP contribution in [-0.4, -0.2) is 68.6 Å². The predicted molar refractivity (Wildman–Crippen MR) is 76.4 cm³/mol. The summed E-state index contributed by atoms with van der Waals surface area (Å²) < 4.78 is 5.46. The second-order valence-corrected chi connectivity index (χ2v) is 6.09. The van der Waals surface area contributed by atoms with Gasteiger partial charge in [0.2, 0.25) is 6.23 Å². The third kappa shape index (κ3) is 3.39. The lowest BCUT2D eigenvalue weighted by Gasteiger charge is -2.41. The van der Waals surface area contributed by atoms with Gasteiger partial charge in [0.05, 0.1) is 6.54 Å². The molecule has 0 saturated carbocycles. The molecule has 0 bridgehead atoms. The zero-order valence-corrected chi connectivity index (χ0v) is 13.6. The fraction of sp³-hybridized carbons (Fsp3) is 0.600. The molecule has 7 atom stereocenters. The molecule has 0 amide bonds. The molecule has 0 spiro atoms. The number of quaternary nitrogens is 1. The number of aliphatic carboxylic acids is 1. The first kappa shape index (κ1) is 19.0. The summed E-state index contributed by atoms with van der Waals surface area (Å²) in [5, 5.41) is 39.2. The quantitative estimate of drug-likeness (QED) is 0.364. The second kappa shape index (κ2) is 7.73. The number of aliphatic hydroxyl groups is 3. The highest BCUT2D eigenvalue weighted by Gasteiger charge is 2.53. The number of carboxylic acid groups (broad SMARTS) is 1. The predicted octanol–water partition coefficient (Wildman–Crippen LogP) is -5.30. The molecule has 24 heavy (non-hydrogen) atoms. The van der Waals surface area contributed by atoms with Gasteiger partial charge in [-0.25, -0.2) is 4.79 Å². The molecule has 0 aromatic carbocycles. The summed E-state index contributed by atoms with van der Waals surface area (Å²) in [6.07, 6.45) is -1.89. The molecular formula is C15H21ClN2O6. The maximum atomic E-state index is 11.2. The first-order valence-corrected chi connectivity index (χ1v) is 7.68. The number of hydrogen-bond donors (Lipinski definition) is 5. The van der Waals surface area contributed by atoms with Crippen LogP contribution in [0.4, 0.5) is 0 Å². The van der Waals surface area contributed by atoms with Crippen LogP contribution in [0.3, 0.4) is 0 Å². The molecule has 1 aromatic rings. The molecule has 2 saturated heterocycles. The van der Waals surface area contributed by atoms with E-state index in [0.717, 1.165) is 23.3 Å². The van der Waals surface area contributed by atoms with Gasteiger partial charge in [-0.2, -0.15) is 0 Å². The fourth-order valence-electron chi connectivity index (χ4n) is 3.56. The van der Waals surface area contributed by atoms with Crippen LogP contribution in [0.2, 0.25) is 0 Å². The van der Waals surface area contributed by atoms with Crippen molar-refractivity contribution in [1.82, 2.24) is 4.98 Å². The lowest BCUT2D eigenvalue weighted by Crippen LogP contribution is -3.16. The number of nitrogens with zero attached hydrogens (tertiary/aromatic N) is 1. The molecule has 2 aliphatic rings. The van der Waals surface area contributed by atoms with E-state index in [2.05, 4.69) is 4.98 Å². The van der Waals surface area contributed by atoms with E-state index in [-0.39, 0.29) is 18.4 Å². The van der Waals surface area contributed by atoms with Crippen molar-refractivity contribution in [2.24, 2.45) is 0 Å². The first-order valence-electron chi connectivity index (χ1n) is 7.68. The highest BCUT2D eigenvalue weighted by Crippen LogP contribution is 2.24. The average Bonchev–Trinajstić information content (AvgIpc) is 3.03. The number of aliphatic hydroxyl groups excluding tert-OH is 3. The number of likely N-dealkylation sites (tertiary alicyclic amines) is 1. The summed E-state index contributed by atoms with van der Waals surface area (Å²) in [6, 6.07) is 3.75. The van der Waals surface area contributed by atoms with Crippen molar-refractivity contribution in [2.75, 3.05) is 6.54 Å². The van der Waals surface area contributed by atoms with Crippen molar-refractivity contribution in [3.05, 3.63) is 30.1 Å². The highest BCUT2D eigenvalue weighted by molar-refractivity contribution is 5.73. The number of hydrogen-bond acceptors (Lipinski definition) is 6. The Morgan fingerprint density at radius 3 is 2.62 bits per heavy atom. The lowest BCUT2D eigenvalue weighted by atomic mass is 9.96. The highest BCUT2D eigenvalue weighted by atomic mass is 35.5. The number of pyridine rings is 1. The minimum Gasteiger partial charge on any atom is -1.00 e. The zero-order chi connectivity index (χ0) is 16.6. The van der Waals surface area contributed by atoms with Gasteiger partial charge < -0.3 is 42.5 Å². The molecule has 5 N–H and O–H groups in total. The Morgan fingerprint density at radius 2 is 2.00 bits per heavy atom. The molecule has 0 radical (unpaired) electrons. The third-order valence-corrected chi connectivity index (χ3v) is 4.71.